The Bertz CT molecular complexity index is 607. The number of aryl methyl sites for hydroxylation is 1. The van der Waals surface area contributed by atoms with E-state index in [9.17, 15) is 0 Å². The molecule has 0 saturated heterocycles. The number of nitrogens with two attached hydrogens (primary N) is 1. The van der Waals surface area contributed by atoms with Gasteiger partial charge >= 0.3 is 0 Å². The lowest BCUT2D eigenvalue weighted by Gasteiger charge is -2.12. The second-order valence-corrected chi connectivity index (χ2v) is 5.42. The van der Waals surface area contributed by atoms with Gasteiger partial charge in [0.05, 0.1) is 0 Å². The average molecular weight is 274 g/mol. The number of benzene rings is 2. The molecule has 0 aliphatic carbocycles. The first kappa shape index (κ1) is 12.5. The lowest BCUT2D eigenvalue weighted by molar-refractivity contribution is 0.242. The van der Waals surface area contributed by atoms with Gasteiger partial charge in [-0.3, -0.25) is 0 Å². The van der Waals surface area contributed by atoms with E-state index in [0.29, 0.717) is 6.54 Å². The summed E-state index contributed by atoms with van der Waals surface area (Å²) in [5, 5.41) is 0.744. The Balaban J connectivity index is 2.10. The fourth-order valence-electron chi connectivity index (χ4n) is 2.57. The Morgan fingerprint density at radius 3 is 2.68 bits per heavy atom. The van der Waals surface area contributed by atoms with E-state index < -0.39 is 0 Å². The van der Waals surface area contributed by atoms with E-state index in [-0.39, 0.29) is 6.10 Å². The molecule has 1 heterocycles. The minimum atomic E-state index is 0.0999. The van der Waals surface area contributed by atoms with Gasteiger partial charge in [0.25, 0.3) is 0 Å². The molecule has 0 spiro atoms. The summed E-state index contributed by atoms with van der Waals surface area (Å²) >= 11 is 5.95. The summed E-state index contributed by atoms with van der Waals surface area (Å²) in [5.74, 6) is 0.975. The van der Waals surface area contributed by atoms with Crippen molar-refractivity contribution in [3.05, 3.63) is 52.5 Å². The SMILES string of the molecule is Cc1cc2c(c(-c3ccc(Cl)cc3)c1)OC(CN)C2. The monoisotopic (exact) mass is 273 g/mol. The molecule has 2 aromatic rings. The highest BCUT2D eigenvalue weighted by atomic mass is 35.5. The maximum atomic E-state index is 5.97. The lowest BCUT2D eigenvalue weighted by Crippen LogP contribution is -2.24. The molecular weight excluding hydrogens is 258 g/mol. The standard InChI is InChI=1S/C16H16ClNO/c1-10-6-12-8-14(9-18)19-16(12)15(7-10)11-2-4-13(17)5-3-11/h2-7,14H,8-9,18H2,1H3. The van der Waals surface area contributed by atoms with E-state index in [2.05, 4.69) is 19.1 Å². The number of ether oxygens (including phenoxy) is 1. The fourth-order valence-corrected chi connectivity index (χ4v) is 2.69. The highest BCUT2D eigenvalue weighted by Gasteiger charge is 2.25. The first-order valence-corrected chi connectivity index (χ1v) is 6.81. The third kappa shape index (κ3) is 2.34. The Morgan fingerprint density at radius 2 is 2.00 bits per heavy atom. The van der Waals surface area contributed by atoms with Gasteiger partial charge in [-0.05, 0) is 41.8 Å². The molecule has 2 nitrogen and oxygen atoms in total. The van der Waals surface area contributed by atoms with Gasteiger partial charge in [-0.25, -0.2) is 0 Å². The number of hydrogen-bond acceptors (Lipinski definition) is 2. The molecule has 19 heavy (non-hydrogen) atoms. The Labute approximate surface area is 118 Å². The van der Waals surface area contributed by atoms with Crippen LogP contribution in [0.5, 0.6) is 5.75 Å². The molecule has 2 aromatic carbocycles. The van der Waals surface area contributed by atoms with Gasteiger partial charge in [-0.1, -0.05) is 29.8 Å². The summed E-state index contributed by atoms with van der Waals surface area (Å²) in [4.78, 5) is 0. The predicted octanol–water partition coefficient (Wildman–Crippen LogP) is 3.58. The van der Waals surface area contributed by atoms with Crippen LogP contribution in [0.4, 0.5) is 0 Å². The summed E-state index contributed by atoms with van der Waals surface area (Å²) in [6.07, 6.45) is 0.997. The third-order valence-corrected chi connectivity index (χ3v) is 3.71. The average Bonchev–Trinajstić information content (AvgIpc) is 2.81. The highest BCUT2D eigenvalue weighted by molar-refractivity contribution is 6.30. The fraction of sp³-hybridized carbons (Fsp3) is 0.250. The maximum absolute atomic E-state index is 5.97. The van der Waals surface area contributed by atoms with Gasteiger partial charge in [0.1, 0.15) is 11.9 Å². The van der Waals surface area contributed by atoms with Crippen LogP contribution < -0.4 is 10.5 Å². The van der Waals surface area contributed by atoms with E-state index in [4.69, 9.17) is 22.1 Å². The molecule has 0 fully saturated rings. The normalized spacial score (nSPS) is 17.1. The minimum absolute atomic E-state index is 0.0999. The summed E-state index contributed by atoms with van der Waals surface area (Å²) in [6.45, 7) is 2.66. The summed E-state index contributed by atoms with van der Waals surface area (Å²) in [5.41, 5.74) is 10.5. The maximum Gasteiger partial charge on any atom is 0.130 e. The molecule has 1 unspecified atom stereocenters. The van der Waals surface area contributed by atoms with Crippen LogP contribution in [0, 0.1) is 6.92 Å². The van der Waals surface area contributed by atoms with E-state index in [1.165, 1.54) is 11.1 Å². The van der Waals surface area contributed by atoms with Gasteiger partial charge < -0.3 is 10.5 Å². The van der Waals surface area contributed by atoms with Gasteiger partial charge in [0.15, 0.2) is 0 Å². The van der Waals surface area contributed by atoms with Crippen molar-refractivity contribution in [1.29, 1.82) is 0 Å². The molecule has 1 aliphatic heterocycles. The zero-order valence-electron chi connectivity index (χ0n) is 10.8. The van der Waals surface area contributed by atoms with Crippen molar-refractivity contribution in [1.82, 2.24) is 0 Å². The van der Waals surface area contributed by atoms with Crippen molar-refractivity contribution >= 4 is 11.6 Å². The number of halogens is 1. The van der Waals surface area contributed by atoms with Crippen molar-refractivity contribution in [3.63, 3.8) is 0 Å². The first-order chi connectivity index (χ1) is 9.17. The van der Waals surface area contributed by atoms with Crippen LogP contribution in [-0.4, -0.2) is 12.6 Å². The van der Waals surface area contributed by atoms with Crippen molar-refractivity contribution in [2.45, 2.75) is 19.4 Å². The molecule has 0 radical (unpaired) electrons. The molecule has 1 atom stereocenters. The zero-order valence-corrected chi connectivity index (χ0v) is 11.6. The molecule has 3 heteroatoms. The minimum Gasteiger partial charge on any atom is -0.488 e. The van der Waals surface area contributed by atoms with Gasteiger partial charge in [0.2, 0.25) is 0 Å². The Morgan fingerprint density at radius 1 is 1.26 bits per heavy atom. The van der Waals surface area contributed by atoms with Crippen molar-refractivity contribution < 1.29 is 4.74 Å². The van der Waals surface area contributed by atoms with Crippen LogP contribution >= 0.6 is 11.6 Å². The molecule has 2 N–H and O–H groups in total. The molecule has 0 bridgehead atoms. The molecule has 98 valence electrons. The van der Waals surface area contributed by atoms with Crippen LogP contribution in [0.25, 0.3) is 11.1 Å². The quantitative estimate of drug-likeness (QED) is 0.908. The molecule has 0 amide bonds. The van der Waals surface area contributed by atoms with E-state index in [1.807, 2.05) is 24.3 Å². The zero-order chi connectivity index (χ0) is 13.4. The Kier molecular flexibility index (Phi) is 3.21. The van der Waals surface area contributed by atoms with E-state index in [0.717, 1.165) is 28.3 Å². The van der Waals surface area contributed by atoms with Gasteiger partial charge in [-0.15, -0.1) is 0 Å². The second kappa shape index (κ2) is 4.87. The number of rotatable bonds is 2. The first-order valence-electron chi connectivity index (χ1n) is 6.43. The molecular formula is C16H16ClNO. The van der Waals surface area contributed by atoms with Crippen LogP contribution in [0.1, 0.15) is 11.1 Å². The van der Waals surface area contributed by atoms with Crippen LogP contribution in [0.15, 0.2) is 36.4 Å². The summed E-state index contributed by atoms with van der Waals surface area (Å²) in [6, 6.07) is 12.2. The molecule has 0 saturated carbocycles. The smallest absolute Gasteiger partial charge is 0.130 e. The van der Waals surface area contributed by atoms with Crippen LogP contribution in [0.2, 0.25) is 5.02 Å². The number of hydrogen-bond donors (Lipinski definition) is 1. The second-order valence-electron chi connectivity index (χ2n) is 4.99. The van der Waals surface area contributed by atoms with Crippen molar-refractivity contribution in [3.8, 4) is 16.9 Å². The number of fused-ring (bicyclic) bond motifs is 1. The van der Waals surface area contributed by atoms with E-state index in [1.54, 1.807) is 0 Å². The largest absolute Gasteiger partial charge is 0.488 e. The topological polar surface area (TPSA) is 35.2 Å². The van der Waals surface area contributed by atoms with Gasteiger partial charge in [-0.2, -0.15) is 0 Å². The van der Waals surface area contributed by atoms with Crippen molar-refractivity contribution in [2.75, 3.05) is 6.54 Å². The predicted molar refractivity (Wildman–Crippen MR) is 78.8 cm³/mol. The summed E-state index contributed by atoms with van der Waals surface area (Å²) in [7, 11) is 0. The molecule has 3 rings (SSSR count). The summed E-state index contributed by atoms with van der Waals surface area (Å²) < 4.78 is 5.97. The molecule has 0 aromatic heterocycles. The third-order valence-electron chi connectivity index (χ3n) is 3.46. The molecule has 1 aliphatic rings. The van der Waals surface area contributed by atoms with Crippen molar-refractivity contribution in [2.24, 2.45) is 5.73 Å². The van der Waals surface area contributed by atoms with Gasteiger partial charge in [0, 0.05) is 23.6 Å². The van der Waals surface area contributed by atoms with E-state index >= 15 is 0 Å². The van der Waals surface area contributed by atoms with Crippen LogP contribution in [0.3, 0.4) is 0 Å². The lowest BCUT2D eigenvalue weighted by atomic mass is 9.98. The Hall–Kier alpha value is -1.51. The highest BCUT2D eigenvalue weighted by Crippen LogP contribution is 2.39. The van der Waals surface area contributed by atoms with Crippen LogP contribution in [-0.2, 0) is 6.42 Å².